The van der Waals surface area contributed by atoms with Crippen LogP contribution in [-0.2, 0) is 30.0 Å². The molecular formula is C13H16N4O5S. The fourth-order valence-corrected chi connectivity index (χ4v) is 4.62. The van der Waals surface area contributed by atoms with Gasteiger partial charge in [-0.15, -0.1) is 0 Å². The fraction of sp³-hybridized carbons (Fsp3) is 0.462. The minimum atomic E-state index is -3.81. The number of aryl methyl sites for hydroxylation is 3. The average Bonchev–Trinajstić information content (AvgIpc) is 2.96. The van der Waals surface area contributed by atoms with Crippen LogP contribution in [0.15, 0.2) is 9.42 Å². The molecule has 124 valence electrons. The largest absolute Gasteiger partial charge is 0.477 e. The zero-order chi connectivity index (χ0) is 16.9. The van der Waals surface area contributed by atoms with Crippen LogP contribution in [0, 0.1) is 13.8 Å². The van der Waals surface area contributed by atoms with Gasteiger partial charge in [-0.05, 0) is 13.8 Å². The molecule has 9 nitrogen and oxygen atoms in total. The number of aromatic carboxylic acids is 1. The van der Waals surface area contributed by atoms with E-state index in [4.69, 9.17) is 4.52 Å². The number of hydrogen-bond acceptors (Lipinski definition) is 6. The van der Waals surface area contributed by atoms with Crippen molar-refractivity contribution in [2.45, 2.75) is 31.7 Å². The third-order valence-electron chi connectivity index (χ3n) is 3.93. The number of carboxylic acid groups (broad SMARTS) is 1. The maximum absolute atomic E-state index is 12.8. The zero-order valence-electron chi connectivity index (χ0n) is 12.9. The molecule has 0 aromatic carbocycles. The number of sulfonamides is 1. The first-order valence-electron chi connectivity index (χ1n) is 6.94. The summed E-state index contributed by atoms with van der Waals surface area (Å²) in [7, 11) is -2.27. The van der Waals surface area contributed by atoms with Crippen molar-refractivity contribution in [2.24, 2.45) is 7.05 Å². The molecule has 0 atom stereocenters. The van der Waals surface area contributed by atoms with Crippen molar-refractivity contribution in [2.75, 3.05) is 6.54 Å². The van der Waals surface area contributed by atoms with Gasteiger partial charge in [-0.1, -0.05) is 5.16 Å². The van der Waals surface area contributed by atoms with Crippen LogP contribution < -0.4 is 0 Å². The lowest BCUT2D eigenvalue weighted by molar-refractivity contribution is 0.0683. The summed E-state index contributed by atoms with van der Waals surface area (Å²) in [6, 6.07) is 0. The number of fused-ring (bicyclic) bond motifs is 1. The van der Waals surface area contributed by atoms with Gasteiger partial charge >= 0.3 is 5.97 Å². The number of aromatic nitrogens is 3. The van der Waals surface area contributed by atoms with Gasteiger partial charge in [-0.3, -0.25) is 4.68 Å². The van der Waals surface area contributed by atoms with Crippen LogP contribution in [0.25, 0.3) is 0 Å². The van der Waals surface area contributed by atoms with Crippen molar-refractivity contribution in [3.05, 3.63) is 28.4 Å². The summed E-state index contributed by atoms with van der Waals surface area (Å²) < 4.78 is 33.1. The summed E-state index contributed by atoms with van der Waals surface area (Å²) in [4.78, 5) is 11.4. The Labute approximate surface area is 132 Å². The van der Waals surface area contributed by atoms with Crippen molar-refractivity contribution in [1.82, 2.24) is 19.2 Å². The Hall–Kier alpha value is -2.20. The average molecular weight is 340 g/mol. The molecule has 0 saturated carbocycles. The second kappa shape index (κ2) is 5.17. The molecule has 2 aromatic rings. The highest BCUT2D eigenvalue weighted by atomic mass is 32.2. The number of nitrogens with zero attached hydrogens (tertiary/aromatic N) is 4. The molecule has 10 heteroatoms. The van der Waals surface area contributed by atoms with E-state index < -0.39 is 16.0 Å². The highest BCUT2D eigenvalue weighted by Crippen LogP contribution is 2.29. The molecule has 0 bridgehead atoms. The van der Waals surface area contributed by atoms with Gasteiger partial charge in [-0.2, -0.15) is 9.40 Å². The summed E-state index contributed by atoms with van der Waals surface area (Å²) in [5.41, 5.74) is 1.35. The van der Waals surface area contributed by atoms with E-state index in [1.165, 1.54) is 23.0 Å². The Morgan fingerprint density at radius 2 is 2.04 bits per heavy atom. The number of hydrogen-bond donors (Lipinski definition) is 1. The van der Waals surface area contributed by atoms with Crippen LogP contribution in [0.2, 0.25) is 0 Å². The molecule has 0 unspecified atom stereocenters. The van der Waals surface area contributed by atoms with Crippen LogP contribution in [0.3, 0.4) is 0 Å². The first-order valence-corrected chi connectivity index (χ1v) is 8.38. The summed E-state index contributed by atoms with van der Waals surface area (Å²) >= 11 is 0. The first kappa shape index (κ1) is 15.7. The van der Waals surface area contributed by atoms with E-state index in [-0.39, 0.29) is 35.1 Å². The Balaban J connectivity index is 2.04. The van der Waals surface area contributed by atoms with Gasteiger partial charge < -0.3 is 9.63 Å². The van der Waals surface area contributed by atoms with Crippen molar-refractivity contribution in [1.29, 1.82) is 0 Å². The Morgan fingerprint density at radius 3 is 2.61 bits per heavy atom. The predicted molar refractivity (Wildman–Crippen MR) is 77.4 cm³/mol. The number of carboxylic acids is 1. The summed E-state index contributed by atoms with van der Waals surface area (Å²) in [6.07, 6.45) is 0.360. The molecule has 3 heterocycles. The minimum Gasteiger partial charge on any atom is -0.477 e. The molecule has 3 rings (SSSR count). The molecule has 1 aliphatic rings. The standard InChI is InChI=1S/C13H16N4O5S/c1-7-12(8(2)22-15-7)23(20,21)17-5-4-10-9(6-17)11(13(18)19)16(3)14-10/h4-6H2,1-3H3,(H,18,19). The molecule has 0 saturated heterocycles. The van der Waals surface area contributed by atoms with Gasteiger partial charge in [0.2, 0.25) is 10.0 Å². The topological polar surface area (TPSA) is 119 Å². The number of carbonyl (C=O) groups is 1. The highest BCUT2D eigenvalue weighted by Gasteiger charge is 2.36. The smallest absolute Gasteiger partial charge is 0.354 e. The van der Waals surface area contributed by atoms with Crippen LogP contribution in [0.4, 0.5) is 0 Å². The lowest BCUT2D eigenvalue weighted by Gasteiger charge is -2.25. The van der Waals surface area contributed by atoms with E-state index in [0.717, 1.165) is 0 Å². The molecule has 0 fully saturated rings. The zero-order valence-corrected chi connectivity index (χ0v) is 13.7. The quantitative estimate of drug-likeness (QED) is 0.862. The van der Waals surface area contributed by atoms with E-state index in [1.807, 2.05) is 0 Å². The molecule has 1 aliphatic heterocycles. The monoisotopic (exact) mass is 340 g/mol. The summed E-state index contributed by atoms with van der Waals surface area (Å²) in [5.74, 6) is -0.907. The lowest BCUT2D eigenvalue weighted by atomic mass is 10.1. The third-order valence-corrected chi connectivity index (χ3v) is 6.02. The minimum absolute atomic E-state index is 0.0127. The molecule has 2 aromatic heterocycles. The second-order valence-electron chi connectivity index (χ2n) is 5.44. The summed E-state index contributed by atoms with van der Waals surface area (Å²) in [5, 5.41) is 17.2. The second-order valence-corrected chi connectivity index (χ2v) is 7.32. The van der Waals surface area contributed by atoms with Crippen molar-refractivity contribution in [3.63, 3.8) is 0 Å². The predicted octanol–water partition coefficient (Wildman–Crippen LogP) is 0.470. The normalized spacial score (nSPS) is 15.6. The fourth-order valence-electron chi connectivity index (χ4n) is 2.92. The van der Waals surface area contributed by atoms with Gasteiger partial charge in [0.05, 0.1) is 5.69 Å². The SMILES string of the molecule is Cc1noc(C)c1S(=O)(=O)N1CCc2nn(C)c(C(=O)O)c2C1. The van der Waals surface area contributed by atoms with Crippen LogP contribution in [0.5, 0.6) is 0 Å². The lowest BCUT2D eigenvalue weighted by Crippen LogP contribution is -2.36. The van der Waals surface area contributed by atoms with Crippen molar-refractivity contribution < 1.29 is 22.8 Å². The highest BCUT2D eigenvalue weighted by molar-refractivity contribution is 7.89. The van der Waals surface area contributed by atoms with E-state index in [9.17, 15) is 18.3 Å². The van der Waals surface area contributed by atoms with Crippen LogP contribution in [-0.4, -0.2) is 45.3 Å². The van der Waals surface area contributed by atoms with E-state index in [1.54, 1.807) is 6.92 Å². The maximum Gasteiger partial charge on any atom is 0.354 e. The molecule has 1 N–H and O–H groups in total. The molecule has 0 spiro atoms. The van der Waals surface area contributed by atoms with Crippen molar-refractivity contribution in [3.8, 4) is 0 Å². The molecule has 0 amide bonds. The van der Waals surface area contributed by atoms with E-state index >= 15 is 0 Å². The van der Waals surface area contributed by atoms with Crippen LogP contribution >= 0.6 is 0 Å². The number of rotatable bonds is 3. The van der Waals surface area contributed by atoms with Gasteiger partial charge in [0.15, 0.2) is 11.5 Å². The summed E-state index contributed by atoms with van der Waals surface area (Å²) in [6.45, 7) is 3.30. The van der Waals surface area contributed by atoms with Gasteiger partial charge in [-0.25, -0.2) is 13.2 Å². The van der Waals surface area contributed by atoms with E-state index in [2.05, 4.69) is 10.3 Å². The molecule has 0 aliphatic carbocycles. The molecular weight excluding hydrogens is 324 g/mol. The Morgan fingerprint density at radius 1 is 1.35 bits per heavy atom. The van der Waals surface area contributed by atoms with Gasteiger partial charge in [0.25, 0.3) is 0 Å². The van der Waals surface area contributed by atoms with Crippen LogP contribution in [0.1, 0.15) is 33.2 Å². The first-order chi connectivity index (χ1) is 10.7. The molecule has 23 heavy (non-hydrogen) atoms. The maximum atomic E-state index is 12.8. The Bertz CT molecular complexity index is 876. The Kier molecular flexibility index (Phi) is 3.52. The van der Waals surface area contributed by atoms with Gasteiger partial charge in [0, 0.05) is 32.1 Å². The molecule has 0 radical (unpaired) electrons. The van der Waals surface area contributed by atoms with Crippen molar-refractivity contribution >= 4 is 16.0 Å². The third kappa shape index (κ3) is 2.34. The van der Waals surface area contributed by atoms with Gasteiger partial charge in [0.1, 0.15) is 10.6 Å². The van der Waals surface area contributed by atoms with E-state index in [0.29, 0.717) is 17.7 Å².